The summed E-state index contributed by atoms with van der Waals surface area (Å²) in [5.41, 5.74) is 2.13. The summed E-state index contributed by atoms with van der Waals surface area (Å²) in [4.78, 5) is 36.3. The number of amides is 2. The molecular weight excluding hydrogens is 500 g/mol. The van der Waals surface area contributed by atoms with Gasteiger partial charge >= 0.3 is 0 Å². The van der Waals surface area contributed by atoms with Crippen LogP contribution in [0.3, 0.4) is 0 Å². The number of carbonyl (C=O) groups is 2. The number of guanidine groups is 1. The van der Waals surface area contributed by atoms with Gasteiger partial charge in [0.05, 0.1) is 6.54 Å². The van der Waals surface area contributed by atoms with Crippen LogP contribution in [0, 0.1) is 5.92 Å². The Morgan fingerprint density at radius 1 is 1.20 bits per heavy atom. The molecule has 1 unspecified atom stereocenters. The van der Waals surface area contributed by atoms with Crippen molar-refractivity contribution in [1.29, 1.82) is 0 Å². The van der Waals surface area contributed by atoms with Crippen LogP contribution in [0.1, 0.15) is 46.1 Å². The molecule has 8 nitrogen and oxygen atoms in total. The van der Waals surface area contributed by atoms with Crippen molar-refractivity contribution in [2.75, 3.05) is 46.8 Å². The average molecular weight is 551 g/mol. The lowest BCUT2D eigenvalue weighted by Crippen LogP contribution is -2.53. The molecule has 220 valence electrons. The van der Waals surface area contributed by atoms with Gasteiger partial charge in [0, 0.05) is 52.5 Å². The lowest BCUT2D eigenvalue weighted by Gasteiger charge is -2.38. The Hall–Kier alpha value is -3.65. The molecule has 8 heteroatoms. The number of imide groups is 1. The van der Waals surface area contributed by atoms with Crippen LogP contribution in [-0.2, 0) is 16.1 Å². The van der Waals surface area contributed by atoms with Gasteiger partial charge in [0.25, 0.3) is 5.91 Å². The van der Waals surface area contributed by atoms with Gasteiger partial charge in [0.15, 0.2) is 0 Å². The van der Waals surface area contributed by atoms with Crippen LogP contribution < -0.4 is 10.6 Å². The second kappa shape index (κ2) is 20.3. The zero-order valence-corrected chi connectivity index (χ0v) is 25.4. The van der Waals surface area contributed by atoms with Crippen LogP contribution in [0.25, 0.3) is 0 Å². The molecule has 1 heterocycles. The highest BCUT2D eigenvalue weighted by Crippen LogP contribution is 2.20. The van der Waals surface area contributed by atoms with Gasteiger partial charge in [-0.3, -0.25) is 19.5 Å². The highest BCUT2D eigenvalue weighted by Gasteiger charge is 2.31. The summed E-state index contributed by atoms with van der Waals surface area (Å²) in [6.07, 6.45) is 12.0. The van der Waals surface area contributed by atoms with Crippen LogP contribution in [-0.4, -0.2) is 79.8 Å². The van der Waals surface area contributed by atoms with Crippen LogP contribution >= 0.6 is 0 Å². The molecule has 0 aliphatic carbocycles. The molecule has 1 saturated heterocycles. The number of hydrogen-bond acceptors (Lipinski definition) is 5. The lowest BCUT2D eigenvalue weighted by molar-refractivity contribution is -0.136. The molecule has 1 aliphatic rings. The molecule has 0 saturated carbocycles. The first-order chi connectivity index (χ1) is 19.5. The highest BCUT2D eigenvalue weighted by atomic mass is 16.2. The fourth-order valence-electron chi connectivity index (χ4n) is 4.47. The fraction of sp³-hybridized carbons (Fsp3) is 0.469. The summed E-state index contributed by atoms with van der Waals surface area (Å²) in [7, 11) is 3.54. The molecule has 1 aliphatic heterocycles. The molecule has 0 bridgehead atoms. The molecule has 2 N–H and O–H groups in total. The minimum Gasteiger partial charge on any atom is -0.390 e. The number of allylic oxidation sites excluding steroid dienone is 6. The number of carbonyl (C=O) groups excluding carboxylic acids is 2. The molecule has 40 heavy (non-hydrogen) atoms. The van der Waals surface area contributed by atoms with Gasteiger partial charge < -0.3 is 20.4 Å². The van der Waals surface area contributed by atoms with Gasteiger partial charge in [-0.2, -0.15) is 0 Å². The Balaban J connectivity index is 0.00000391. The molecule has 2 rings (SSSR count). The number of rotatable bonds is 13. The van der Waals surface area contributed by atoms with Crippen LogP contribution in [0.15, 0.2) is 83.7 Å². The van der Waals surface area contributed by atoms with E-state index in [4.69, 9.17) is 0 Å². The summed E-state index contributed by atoms with van der Waals surface area (Å²) in [6, 6.07) is 10.0. The number of benzene rings is 1. The highest BCUT2D eigenvalue weighted by molar-refractivity contribution is 6.02. The van der Waals surface area contributed by atoms with E-state index in [1.807, 2.05) is 75.1 Å². The number of nitrogens with one attached hydrogen (secondary N) is 2. The Kier molecular flexibility index (Phi) is 17.4. The van der Waals surface area contributed by atoms with E-state index in [0.717, 1.165) is 38.2 Å². The van der Waals surface area contributed by atoms with Crippen LogP contribution in [0.4, 0.5) is 0 Å². The zero-order chi connectivity index (χ0) is 29.8. The maximum absolute atomic E-state index is 14.0. The number of piperazine rings is 1. The lowest BCUT2D eigenvalue weighted by atomic mass is 10.0. The number of hydrogen-bond donors (Lipinski definition) is 2. The maximum Gasteiger partial charge on any atom is 0.278 e. The third-order valence-electron chi connectivity index (χ3n) is 6.49. The van der Waals surface area contributed by atoms with E-state index in [1.54, 1.807) is 20.2 Å². The first kappa shape index (κ1) is 34.4. The van der Waals surface area contributed by atoms with E-state index < -0.39 is 0 Å². The van der Waals surface area contributed by atoms with E-state index in [-0.39, 0.29) is 11.8 Å². The van der Waals surface area contributed by atoms with Crippen molar-refractivity contribution in [1.82, 2.24) is 25.3 Å². The average Bonchev–Trinajstić information content (AvgIpc) is 3.00. The van der Waals surface area contributed by atoms with Crippen molar-refractivity contribution < 1.29 is 9.59 Å². The van der Waals surface area contributed by atoms with Gasteiger partial charge in [0.1, 0.15) is 5.70 Å². The number of nitrogens with zero attached hydrogens (tertiary/aromatic N) is 4. The summed E-state index contributed by atoms with van der Waals surface area (Å²) in [5.74, 6) is 0.585. The van der Waals surface area contributed by atoms with Gasteiger partial charge in [-0.15, -0.1) is 0 Å². The van der Waals surface area contributed by atoms with E-state index in [9.17, 15) is 9.59 Å². The minimum absolute atomic E-state index is 0.219. The smallest absolute Gasteiger partial charge is 0.278 e. The molecule has 2 amide bonds. The topological polar surface area (TPSA) is 80.3 Å². The molecule has 1 atom stereocenters. The molecule has 0 aromatic heterocycles. The minimum atomic E-state index is -0.344. The largest absolute Gasteiger partial charge is 0.390 e. The first-order valence-electron chi connectivity index (χ1n) is 14.3. The molecular formula is C32H50N6O2. The normalized spacial score (nSPS) is 15.2. The Morgan fingerprint density at radius 3 is 2.42 bits per heavy atom. The summed E-state index contributed by atoms with van der Waals surface area (Å²) >= 11 is 0. The van der Waals surface area contributed by atoms with Crippen LogP contribution in [0.2, 0.25) is 0 Å². The summed E-state index contributed by atoms with van der Waals surface area (Å²) in [6.45, 7) is 15.6. The Labute approximate surface area is 242 Å². The van der Waals surface area contributed by atoms with Gasteiger partial charge in [0.2, 0.25) is 12.4 Å². The third-order valence-corrected chi connectivity index (χ3v) is 6.49. The maximum atomic E-state index is 14.0. The SMILES string of the molecule is C=CC=CC(/C=C\C)CCCN(C=O)C(=O)/C(=C(/C)NC)N(Cc1ccccc1)C(=NC)N1CCNCC1.CC. The number of aliphatic imine (C=N–C) groups is 1. The van der Waals surface area contributed by atoms with E-state index in [1.165, 1.54) is 4.90 Å². The third kappa shape index (κ3) is 10.8. The van der Waals surface area contributed by atoms with Gasteiger partial charge in [-0.05, 0) is 38.2 Å². The van der Waals surface area contributed by atoms with Crippen molar-refractivity contribution in [3.63, 3.8) is 0 Å². The molecule has 1 aromatic rings. The van der Waals surface area contributed by atoms with Crippen LogP contribution in [0.5, 0.6) is 0 Å². The predicted molar refractivity (Wildman–Crippen MR) is 168 cm³/mol. The van der Waals surface area contributed by atoms with E-state index in [2.05, 4.69) is 39.3 Å². The zero-order valence-electron chi connectivity index (χ0n) is 25.4. The Morgan fingerprint density at radius 2 is 1.88 bits per heavy atom. The van der Waals surface area contributed by atoms with Crippen molar-refractivity contribution in [2.45, 2.75) is 47.1 Å². The van der Waals surface area contributed by atoms with E-state index in [0.29, 0.717) is 43.3 Å². The molecule has 0 radical (unpaired) electrons. The van der Waals surface area contributed by atoms with Crippen molar-refractivity contribution in [3.8, 4) is 0 Å². The Bertz CT molecular complexity index is 1010. The molecule has 1 aromatic carbocycles. The van der Waals surface area contributed by atoms with Gasteiger partial charge in [-0.25, -0.2) is 0 Å². The van der Waals surface area contributed by atoms with Crippen molar-refractivity contribution in [3.05, 3.63) is 84.2 Å². The second-order valence-electron chi connectivity index (χ2n) is 9.11. The second-order valence-corrected chi connectivity index (χ2v) is 9.11. The van der Waals surface area contributed by atoms with Crippen molar-refractivity contribution >= 4 is 18.3 Å². The summed E-state index contributed by atoms with van der Waals surface area (Å²) in [5, 5.41) is 6.52. The molecule has 0 spiro atoms. The summed E-state index contributed by atoms with van der Waals surface area (Å²) < 4.78 is 0. The predicted octanol–water partition coefficient (Wildman–Crippen LogP) is 4.56. The van der Waals surface area contributed by atoms with Crippen molar-refractivity contribution in [2.24, 2.45) is 10.9 Å². The standard InChI is InChI=1S/C30H44N6O2.C2H6/c1-6-8-14-26(13-7-2)17-12-20-35(24-37)29(38)28(25(3)31-4)36(23-27-15-10-9-11-16-27)30(32-5)34-21-18-33-19-22-34;1-2/h6-11,13-16,24,26,31,33H,1,12,17-23H2,2-5H3;1-2H3/b13-7-,14-8?,28-25+,32-30?;. The monoisotopic (exact) mass is 550 g/mol. The first-order valence-corrected chi connectivity index (χ1v) is 14.3. The van der Waals surface area contributed by atoms with Gasteiger partial charge in [-0.1, -0.05) is 81.1 Å². The quantitative estimate of drug-likeness (QED) is 0.0937. The molecule has 1 fully saturated rings. The fourth-order valence-corrected chi connectivity index (χ4v) is 4.47. The van der Waals surface area contributed by atoms with E-state index >= 15 is 0 Å².